The van der Waals surface area contributed by atoms with Crippen LogP contribution in [0.1, 0.15) is 40.0 Å². The van der Waals surface area contributed by atoms with E-state index < -0.39 is 18.0 Å². The van der Waals surface area contributed by atoms with Crippen LogP contribution in [0.5, 0.6) is 0 Å². The molecule has 1 amide bonds. The fourth-order valence-electron chi connectivity index (χ4n) is 1.14. The third-order valence-electron chi connectivity index (χ3n) is 1.96. The van der Waals surface area contributed by atoms with Crippen LogP contribution >= 0.6 is 0 Å². The van der Waals surface area contributed by atoms with Gasteiger partial charge in [0, 0.05) is 12.8 Å². The normalized spacial score (nSPS) is 12.0. The SMILES string of the molecule is CCC(=O)N[C@@H](CCC(=O)OC(C)C)C(=O)O. The summed E-state index contributed by atoms with van der Waals surface area (Å²) in [5.41, 5.74) is 0. The standard InChI is InChI=1S/C11H19NO5/c1-4-9(13)12-8(11(15)16)5-6-10(14)17-7(2)3/h7-8H,4-6H2,1-3H3,(H,12,13)(H,15,16)/t8-/m0/s1. The maximum Gasteiger partial charge on any atom is 0.326 e. The Morgan fingerprint density at radius 2 is 1.88 bits per heavy atom. The number of carboxylic acids is 1. The number of aliphatic carboxylic acids is 1. The van der Waals surface area contributed by atoms with Gasteiger partial charge in [-0.1, -0.05) is 6.92 Å². The molecule has 0 heterocycles. The summed E-state index contributed by atoms with van der Waals surface area (Å²) < 4.78 is 4.87. The molecule has 0 aliphatic rings. The smallest absolute Gasteiger partial charge is 0.326 e. The molecule has 0 aliphatic carbocycles. The topological polar surface area (TPSA) is 92.7 Å². The summed E-state index contributed by atoms with van der Waals surface area (Å²) >= 11 is 0. The third-order valence-corrected chi connectivity index (χ3v) is 1.96. The van der Waals surface area contributed by atoms with Gasteiger partial charge in [0.1, 0.15) is 6.04 Å². The van der Waals surface area contributed by atoms with Crippen molar-refractivity contribution in [1.82, 2.24) is 5.32 Å². The molecule has 0 aliphatic heterocycles. The van der Waals surface area contributed by atoms with Crippen LogP contribution in [0.15, 0.2) is 0 Å². The van der Waals surface area contributed by atoms with Crippen LogP contribution < -0.4 is 5.32 Å². The number of ether oxygens (including phenoxy) is 1. The van der Waals surface area contributed by atoms with E-state index in [1.54, 1.807) is 20.8 Å². The van der Waals surface area contributed by atoms with Gasteiger partial charge in [-0.15, -0.1) is 0 Å². The van der Waals surface area contributed by atoms with Crippen LogP contribution in [-0.4, -0.2) is 35.1 Å². The van der Waals surface area contributed by atoms with Crippen LogP contribution in [0.25, 0.3) is 0 Å². The third kappa shape index (κ3) is 7.32. The molecule has 98 valence electrons. The van der Waals surface area contributed by atoms with Gasteiger partial charge in [0.2, 0.25) is 5.91 Å². The summed E-state index contributed by atoms with van der Waals surface area (Å²) in [7, 11) is 0. The van der Waals surface area contributed by atoms with Crippen molar-refractivity contribution in [3.05, 3.63) is 0 Å². The van der Waals surface area contributed by atoms with E-state index >= 15 is 0 Å². The van der Waals surface area contributed by atoms with Crippen LogP contribution in [-0.2, 0) is 19.1 Å². The van der Waals surface area contributed by atoms with Crippen molar-refractivity contribution in [2.24, 2.45) is 0 Å². The van der Waals surface area contributed by atoms with E-state index in [9.17, 15) is 14.4 Å². The summed E-state index contributed by atoms with van der Waals surface area (Å²) in [6, 6.07) is -1.04. The molecule has 0 aromatic heterocycles. The quantitative estimate of drug-likeness (QED) is 0.644. The van der Waals surface area contributed by atoms with Crippen LogP contribution in [0.2, 0.25) is 0 Å². The van der Waals surface area contributed by atoms with Gasteiger partial charge in [-0.25, -0.2) is 4.79 Å². The number of esters is 1. The molecule has 6 heteroatoms. The fourth-order valence-corrected chi connectivity index (χ4v) is 1.14. The zero-order valence-corrected chi connectivity index (χ0v) is 10.4. The lowest BCUT2D eigenvalue weighted by Crippen LogP contribution is -2.40. The van der Waals surface area contributed by atoms with Gasteiger partial charge in [0.25, 0.3) is 0 Å². The Bertz CT molecular complexity index is 288. The molecule has 2 N–H and O–H groups in total. The number of carbonyl (C=O) groups is 3. The number of carbonyl (C=O) groups excluding carboxylic acids is 2. The fraction of sp³-hybridized carbons (Fsp3) is 0.727. The van der Waals surface area contributed by atoms with E-state index in [2.05, 4.69) is 5.32 Å². The molecule has 6 nitrogen and oxygen atoms in total. The van der Waals surface area contributed by atoms with Crippen molar-refractivity contribution in [1.29, 1.82) is 0 Å². The minimum atomic E-state index is -1.15. The van der Waals surface area contributed by atoms with Gasteiger partial charge in [0.15, 0.2) is 0 Å². The first-order chi connectivity index (χ1) is 7.86. The Morgan fingerprint density at radius 3 is 2.29 bits per heavy atom. The molecular formula is C11H19NO5. The Hall–Kier alpha value is -1.59. The first-order valence-corrected chi connectivity index (χ1v) is 5.58. The maximum absolute atomic E-state index is 11.2. The monoisotopic (exact) mass is 245 g/mol. The molecule has 0 fully saturated rings. The molecule has 0 saturated carbocycles. The van der Waals surface area contributed by atoms with Gasteiger partial charge in [-0.05, 0) is 20.3 Å². The molecule has 0 saturated heterocycles. The molecule has 17 heavy (non-hydrogen) atoms. The van der Waals surface area contributed by atoms with Gasteiger partial charge >= 0.3 is 11.9 Å². The summed E-state index contributed by atoms with van der Waals surface area (Å²) in [5.74, 6) is -1.96. The average molecular weight is 245 g/mol. The van der Waals surface area contributed by atoms with Gasteiger partial charge in [0.05, 0.1) is 6.10 Å². The number of nitrogens with one attached hydrogen (secondary N) is 1. The molecule has 0 aromatic carbocycles. The first kappa shape index (κ1) is 15.4. The second-order valence-corrected chi connectivity index (χ2v) is 3.89. The minimum Gasteiger partial charge on any atom is -0.480 e. The molecule has 1 atom stereocenters. The van der Waals surface area contributed by atoms with Gasteiger partial charge in [-0.2, -0.15) is 0 Å². The van der Waals surface area contributed by atoms with Crippen molar-refractivity contribution in [3.63, 3.8) is 0 Å². The van der Waals surface area contributed by atoms with E-state index in [-0.39, 0.29) is 31.3 Å². The summed E-state index contributed by atoms with van der Waals surface area (Å²) in [5, 5.41) is 11.2. The molecule has 0 rings (SSSR count). The van der Waals surface area contributed by atoms with E-state index in [1.165, 1.54) is 0 Å². The highest BCUT2D eigenvalue weighted by molar-refractivity contribution is 5.83. The maximum atomic E-state index is 11.2. The highest BCUT2D eigenvalue weighted by Gasteiger charge is 2.20. The molecular weight excluding hydrogens is 226 g/mol. The molecule has 0 radical (unpaired) electrons. The number of hydrogen-bond donors (Lipinski definition) is 2. The van der Waals surface area contributed by atoms with Crippen molar-refractivity contribution in [2.75, 3.05) is 0 Å². The van der Waals surface area contributed by atoms with Crippen molar-refractivity contribution >= 4 is 17.8 Å². The van der Waals surface area contributed by atoms with Gasteiger partial charge in [-0.3, -0.25) is 9.59 Å². The first-order valence-electron chi connectivity index (χ1n) is 5.58. The largest absolute Gasteiger partial charge is 0.480 e. The Labute approximate surface area is 100 Å². The van der Waals surface area contributed by atoms with E-state index in [0.29, 0.717) is 0 Å². The van der Waals surface area contributed by atoms with E-state index in [0.717, 1.165) is 0 Å². The summed E-state index contributed by atoms with van der Waals surface area (Å²) in [4.78, 5) is 33.1. The molecule has 0 unspecified atom stereocenters. The lowest BCUT2D eigenvalue weighted by molar-refractivity contribution is -0.148. The van der Waals surface area contributed by atoms with E-state index in [4.69, 9.17) is 9.84 Å². The van der Waals surface area contributed by atoms with Crippen molar-refractivity contribution in [2.45, 2.75) is 52.2 Å². The predicted molar refractivity (Wildman–Crippen MR) is 60.3 cm³/mol. The highest BCUT2D eigenvalue weighted by Crippen LogP contribution is 2.02. The second-order valence-electron chi connectivity index (χ2n) is 3.89. The highest BCUT2D eigenvalue weighted by atomic mass is 16.5. The van der Waals surface area contributed by atoms with Crippen LogP contribution in [0.3, 0.4) is 0 Å². The van der Waals surface area contributed by atoms with Crippen LogP contribution in [0, 0.1) is 0 Å². The summed E-state index contributed by atoms with van der Waals surface area (Å²) in [6.07, 6.45) is -0.0116. The Morgan fingerprint density at radius 1 is 1.29 bits per heavy atom. The molecule has 0 aromatic rings. The Balaban J connectivity index is 4.14. The second kappa shape index (κ2) is 7.65. The molecule has 0 spiro atoms. The predicted octanol–water partition coefficient (Wildman–Crippen LogP) is 0.698. The number of hydrogen-bond acceptors (Lipinski definition) is 4. The number of amides is 1. The van der Waals surface area contributed by atoms with E-state index in [1.807, 2.05) is 0 Å². The van der Waals surface area contributed by atoms with Crippen LogP contribution in [0.4, 0.5) is 0 Å². The number of rotatable bonds is 7. The average Bonchev–Trinajstić information content (AvgIpc) is 2.22. The lowest BCUT2D eigenvalue weighted by Gasteiger charge is -2.14. The number of carboxylic acid groups (broad SMARTS) is 1. The zero-order chi connectivity index (χ0) is 13.4. The summed E-state index contributed by atoms with van der Waals surface area (Å²) in [6.45, 7) is 5.05. The lowest BCUT2D eigenvalue weighted by atomic mass is 10.1. The Kier molecular flexibility index (Phi) is 6.93. The molecule has 0 bridgehead atoms. The van der Waals surface area contributed by atoms with Gasteiger partial charge < -0.3 is 15.2 Å². The zero-order valence-electron chi connectivity index (χ0n) is 10.4. The minimum absolute atomic E-state index is 0.0286. The van der Waals surface area contributed by atoms with Crippen molar-refractivity contribution < 1.29 is 24.2 Å². The van der Waals surface area contributed by atoms with Crippen molar-refractivity contribution in [3.8, 4) is 0 Å².